The van der Waals surface area contributed by atoms with E-state index in [0.717, 1.165) is 25.1 Å². The molecule has 2 aromatic rings. The summed E-state index contributed by atoms with van der Waals surface area (Å²) in [6.45, 7) is 5.14. The molecule has 0 aromatic heterocycles. The Hall–Kier alpha value is -1.58. The van der Waals surface area contributed by atoms with E-state index in [0.29, 0.717) is 16.5 Å². The molecule has 3 atom stereocenters. The first-order chi connectivity index (χ1) is 12.1. The Kier molecular flexibility index (Phi) is 4.47. The molecule has 132 valence electrons. The van der Waals surface area contributed by atoms with Crippen LogP contribution >= 0.6 is 11.6 Å². The van der Waals surface area contributed by atoms with Crippen molar-refractivity contribution in [2.75, 3.05) is 11.9 Å². The minimum Gasteiger partial charge on any atom is -0.377 e. The van der Waals surface area contributed by atoms with Crippen LogP contribution in [0.15, 0.2) is 36.4 Å². The number of anilines is 1. The molecule has 2 aromatic carbocycles. The SMILES string of the molecule is CC(C)c1ccc2c(c1)C1OCCCC1C(c1c(F)cccc1Cl)N2. The topological polar surface area (TPSA) is 21.3 Å². The van der Waals surface area contributed by atoms with Gasteiger partial charge in [-0.3, -0.25) is 0 Å². The Morgan fingerprint density at radius 1 is 1.24 bits per heavy atom. The highest BCUT2D eigenvalue weighted by Gasteiger charge is 2.41. The fourth-order valence-corrected chi connectivity index (χ4v) is 4.42. The van der Waals surface area contributed by atoms with Crippen molar-refractivity contribution in [1.82, 2.24) is 0 Å². The Balaban J connectivity index is 1.81. The largest absolute Gasteiger partial charge is 0.377 e. The van der Waals surface area contributed by atoms with Gasteiger partial charge >= 0.3 is 0 Å². The second kappa shape index (κ2) is 6.62. The molecule has 2 aliphatic rings. The third kappa shape index (κ3) is 2.94. The zero-order chi connectivity index (χ0) is 17.6. The average Bonchev–Trinajstić information content (AvgIpc) is 2.61. The van der Waals surface area contributed by atoms with Crippen LogP contribution in [0.4, 0.5) is 10.1 Å². The Morgan fingerprint density at radius 2 is 2.08 bits per heavy atom. The molecule has 1 saturated heterocycles. The monoisotopic (exact) mass is 359 g/mol. The van der Waals surface area contributed by atoms with Gasteiger partial charge in [0, 0.05) is 34.4 Å². The number of rotatable bonds is 2. The first-order valence-electron chi connectivity index (χ1n) is 9.02. The van der Waals surface area contributed by atoms with E-state index in [2.05, 4.69) is 37.4 Å². The van der Waals surface area contributed by atoms with E-state index < -0.39 is 0 Å². The molecule has 4 rings (SSSR count). The van der Waals surface area contributed by atoms with Crippen LogP contribution in [0.2, 0.25) is 5.02 Å². The summed E-state index contributed by atoms with van der Waals surface area (Å²) in [5.74, 6) is 0.390. The second-order valence-corrected chi connectivity index (χ2v) is 7.76. The van der Waals surface area contributed by atoms with Crippen molar-refractivity contribution in [3.8, 4) is 0 Å². The molecule has 0 spiro atoms. The van der Waals surface area contributed by atoms with E-state index in [4.69, 9.17) is 16.3 Å². The normalized spacial score (nSPS) is 25.2. The third-order valence-corrected chi connectivity index (χ3v) is 5.80. The van der Waals surface area contributed by atoms with Gasteiger partial charge in [0.25, 0.3) is 0 Å². The number of hydrogen-bond acceptors (Lipinski definition) is 2. The van der Waals surface area contributed by atoms with Gasteiger partial charge < -0.3 is 10.1 Å². The van der Waals surface area contributed by atoms with Gasteiger partial charge in [-0.25, -0.2) is 4.39 Å². The zero-order valence-electron chi connectivity index (χ0n) is 14.6. The standard InChI is InChI=1S/C21H23ClFNO/c1-12(2)13-8-9-18-15(11-13)21-14(5-4-10-25-21)20(24-18)19-16(22)6-3-7-17(19)23/h3,6-9,11-12,14,20-21,24H,4-5,10H2,1-2H3. The van der Waals surface area contributed by atoms with Gasteiger partial charge in [0.15, 0.2) is 0 Å². The summed E-state index contributed by atoms with van der Waals surface area (Å²) >= 11 is 6.37. The maximum atomic E-state index is 14.6. The van der Waals surface area contributed by atoms with Gasteiger partial charge in [-0.1, -0.05) is 43.6 Å². The Labute approximate surface area is 153 Å². The predicted octanol–water partition coefficient (Wildman–Crippen LogP) is 6.24. The first kappa shape index (κ1) is 16.9. The summed E-state index contributed by atoms with van der Waals surface area (Å²) < 4.78 is 20.7. The number of hydrogen-bond donors (Lipinski definition) is 1. The number of benzene rings is 2. The van der Waals surface area contributed by atoms with Crippen LogP contribution in [-0.2, 0) is 4.74 Å². The molecule has 1 N–H and O–H groups in total. The molecule has 0 radical (unpaired) electrons. The molecule has 0 bridgehead atoms. The van der Waals surface area contributed by atoms with Crippen LogP contribution in [0.25, 0.3) is 0 Å². The van der Waals surface area contributed by atoms with E-state index in [1.165, 1.54) is 17.2 Å². The van der Waals surface area contributed by atoms with E-state index in [1.807, 2.05) is 0 Å². The Bertz CT molecular complexity index is 771. The van der Waals surface area contributed by atoms with E-state index >= 15 is 0 Å². The molecule has 1 fully saturated rings. The summed E-state index contributed by atoms with van der Waals surface area (Å²) in [6.07, 6.45) is 1.98. The van der Waals surface area contributed by atoms with Crippen molar-refractivity contribution < 1.29 is 9.13 Å². The third-order valence-electron chi connectivity index (χ3n) is 5.47. The molecular formula is C21H23ClFNO. The van der Waals surface area contributed by atoms with E-state index in [-0.39, 0.29) is 23.9 Å². The van der Waals surface area contributed by atoms with Crippen LogP contribution in [0.1, 0.15) is 61.4 Å². The van der Waals surface area contributed by atoms with Gasteiger partial charge in [0.1, 0.15) is 5.82 Å². The average molecular weight is 360 g/mol. The van der Waals surface area contributed by atoms with Gasteiger partial charge in [-0.15, -0.1) is 0 Å². The number of fused-ring (bicyclic) bond motifs is 3. The fraction of sp³-hybridized carbons (Fsp3) is 0.429. The predicted molar refractivity (Wildman–Crippen MR) is 99.7 cm³/mol. The fourth-order valence-electron chi connectivity index (χ4n) is 4.14. The van der Waals surface area contributed by atoms with Crippen molar-refractivity contribution in [2.45, 2.75) is 44.8 Å². The quantitative estimate of drug-likeness (QED) is 0.685. The summed E-state index contributed by atoms with van der Waals surface area (Å²) in [5.41, 5.74) is 4.08. The van der Waals surface area contributed by atoms with Crippen LogP contribution in [0.5, 0.6) is 0 Å². The van der Waals surface area contributed by atoms with Crippen LogP contribution in [-0.4, -0.2) is 6.61 Å². The molecule has 3 unspecified atom stereocenters. The lowest BCUT2D eigenvalue weighted by Crippen LogP contribution is -2.36. The van der Waals surface area contributed by atoms with Crippen molar-refractivity contribution in [3.63, 3.8) is 0 Å². The van der Waals surface area contributed by atoms with Gasteiger partial charge in [-0.2, -0.15) is 0 Å². The summed E-state index contributed by atoms with van der Waals surface area (Å²) in [5, 5.41) is 4.03. The molecule has 2 aliphatic heterocycles. The highest BCUT2D eigenvalue weighted by molar-refractivity contribution is 6.31. The van der Waals surface area contributed by atoms with Crippen molar-refractivity contribution in [1.29, 1.82) is 0 Å². The zero-order valence-corrected chi connectivity index (χ0v) is 15.3. The molecule has 2 nitrogen and oxygen atoms in total. The van der Waals surface area contributed by atoms with E-state index in [9.17, 15) is 4.39 Å². The number of nitrogens with one attached hydrogen (secondary N) is 1. The number of halogens is 2. The minimum absolute atomic E-state index is 0.00984. The molecule has 0 saturated carbocycles. The summed E-state index contributed by atoms with van der Waals surface area (Å²) in [7, 11) is 0. The lowest BCUT2D eigenvalue weighted by molar-refractivity contribution is -0.0384. The minimum atomic E-state index is -0.253. The van der Waals surface area contributed by atoms with E-state index in [1.54, 1.807) is 12.1 Å². The first-order valence-corrected chi connectivity index (χ1v) is 9.40. The summed E-state index contributed by atoms with van der Waals surface area (Å²) in [6, 6.07) is 11.2. The maximum Gasteiger partial charge on any atom is 0.129 e. The van der Waals surface area contributed by atoms with Gasteiger partial charge in [0.2, 0.25) is 0 Å². The second-order valence-electron chi connectivity index (χ2n) is 7.36. The molecular weight excluding hydrogens is 337 g/mol. The lowest BCUT2D eigenvalue weighted by atomic mass is 9.76. The maximum absolute atomic E-state index is 14.6. The molecule has 0 amide bonds. The molecule has 4 heteroatoms. The Morgan fingerprint density at radius 3 is 2.84 bits per heavy atom. The molecule has 25 heavy (non-hydrogen) atoms. The number of ether oxygens (including phenoxy) is 1. The lowest BCUT2D eigenvalue weighted by Gasteiger charge is -2.43. The van der Waals surface area contributed by atoms with Crippen LogP contribution < -0.4 is 5.32 Å². The van der Waals surface area contributed by atoms with Crippen molar-refractivity contribution >= 4 is 17.3 Å². The van der Waals surface area contributed by atoms with Gasteiger partial charge in [-0.05, 0) is 42.5 Å². The van der Waals surface area contributed by atoms with Gasteiger partial charge in [0.05, 0.1) is 12.1 Å². The summed E-state index contributed by atoms with van der Waals surface area (Å²) in [4.78, 5) is 0. The van der Waals surface area contributed by atoms with Crippen molar-refractivity contribution in [2.24, 2.45) is 5.92 Å². The van der Waals surface area contributed by atoms with Crippen molar-refractivity contribution in [3.05, 3.63) is 63.9 Å². The smallest absolute Gasteiger partial charge is 0.129 e. The van der Waals surface area contributed by atoms with Crippen LogP contribution in [0, 0.1) is 11.7 Å². The highest BCUT2D eigenvalue weighted by Crippen LogP contribution is 2.50. The highest BCUT2D eigenvalue weighted by atomic mass is 35.5. The van der Waals surface area contributed by atoms with Crippen LogP contribution in [0.3, 0.4) is 0 Å². The molecule has 2 heterocycles. The molecule has 0 aliphatic carbocycles.